The quantitative estimate of drug-likeness (QED) is 0.749. The van der Waals surface area contributed by atoms with Gasteiger partial charge in [0, 0.05) is 5.39 Å². The van der Waals surface area contributed by atoms with E-state index in [9.17, 15) is 13.2 Å². The summed E-state index contributed by atoms with van der Waals surface area (Å²) in [5.41, 5.74) is 4.09. The van der Waals surface area contributed by atoms with Crippen molar-refractivity contribution in [3.63, 3.8) is 0 Å². The van der Waals surface area contributed by atoms with Crippen LogP contribution >= 0.6 is 11.6 Å². The Kier molecular flexibility index (Phi) is 2.98. The van der Waals surface area contributed by atoms with Crippen LogP contribution in [-0.4, -0.2) is 19.7 Å². The predicted molar refractivity (Wildman–Crippen MR) is 71.1 cm³/mol. The molecule has 0 spiro atoms. The van der Waals surface area contributed by atoms with Gasteiger partial charge in [-0.25, -0.2) is 14.6 Å². The minimum absolute atomic E-state index is 0.273. The summed E-state index contributed by atoms with van der Waals surface area (Å²) in [6.45, 7) is 0. The molecule has 3 rings (SSSR count). The molecule has 3 aromatic rings. The van der Waals surface area contributed by atoms with Gasteiger partial charge in [0.2, 0.25) is 5.95 Å². The van der Waals surface area contributed by atoms with E-state index < -0.39 is 17.8 Å². The number of fused-ring (bicyclic) bond motifs is 1. The Morgan fingerprint density at radius 2 is 1.95 bits per heavy atom. The highest BCUT2D eigenvalue weighted by Gasteiger charge is 2.37. The maximum Gasteiger partial charge on any atom is 0.435 e. The molecule has 21 heavy (non-hydrogen) atoms. The zero-order valence-electron chi connectivity index (χ0n) is 10.3. The Morgan fingerprint density at radius 1 is 1.19 bits per heavy atom. The summed E-state index contributed by atoms with van der Waals surface area (Å²) in [7, 11) is 0. The van der Waals surface area contributed by atoms with Crippen LogP contribution in [0.5, 0.6) is 0 Å². The fraction of sp³-hybridized carbons (Fsp3) is 0.0833. The molecule has 0 fully saturated rings. The van der Waals surface area contributed by atoms with Gasteiger partial charge < -0.3 is 5.73 Å². The van der Waals surface area contributed by atoms with Gasteiger partial charge in [0.25, 0.3) is 0 Å². The van der Waals surface area contributed by atoms with Crippen LogP contribution in [-0.2, 0) is 6.18 Å². The van der Waals surface area contributed by atoms with Crippen molar-refractivity contribution in [1.29, 1.82) is 0 Å². The average molecular weight is 314 g/mol. The number of halogens is 4. The summed E-state index contributed by atoms with van der Waals surface area (Å²) in [4.78, 5) is 6.88. The SMILES string of the molecule is Nc1ncc(-n2ncc3cccc(Cl)c32)c(C(F)(F)F)n1. The minimum Gasteiger partial charge on any atom is -0.368 e. The van der Waals surface area contributed by atoms with Crippen molar-refractivity contribution in [2.24, 2.45) is 0 Å². The lowest BCUT2D eigenvalue weighted by molar-refractivity contribution is -0.141. The summed E-state index contributed by atoms with van der Waals surface area (Å²) in [6.07, 6.45) is -2.30. The van der Waals surface area contributed by atoms with Gasteiger partial charge in [0.1, 0.15) is 5.69 Å². The predicted octanol–water partition coefficient (Wildman–Crippen LogP) is 3.07. The fourth-order valence-electron chi connectivity index (χ4n) is 1.97. The number of hydrogen-bond acceptors (Lipinski definition) is 4. The molecular weight excluding hydrogens is 307 g/mol. The molecule has 2 N–H and O–H groups in total. The Balaban J connectivity index is 2.34. The molecule has 0 aliphatic carbocycles. The molecule has 0 aliphatic rings. The van der Waals surface area contributed by atoms with E-state index in [2.05, 4.69) is 15.1 Å². The van der Waals surface area contributed by atoms with E-state index in [1.54, 1.807) is 18.2 Å². The van der Waals surface area contributed by atoms with Crippen molar-refractivity contribution in [2.45, 2.75) is 6.18 Å². The van der Waals surface area contributed by atoms with Crippen molar-refractivity contribution in [3.8, 4) is 5.69 Å². The topological polar surface area (TPSA) is 69.6 Å². The zero-order valence-corrected chi connectivity index (χ0v) is 11.0. The molecule has 0 aliphatic heterocycles. The second kappa shape index (κ2) is 4.59. The molecule has 0 amide bonds. The van der Waals surface area contributed by atoms with Crippen molar-refractivity contribution in [1.82, 2.24) is 19.7 Å². The van der Waals surface area contributed by atoms with E-state index in [0.717, 1.165) is 10.9 Å². The van der Waals surface area contributed by atoms with Gasteiger partial charge in [-0.1, -0.05) is 23.7 Å². The molecular formula is C12H7ClF3N5. The molecule has 108 valence electrons. The first-order valence-corrected chi connectivity index (χ1v) is 6.08. The number of alkyl halides is 3. The van der Waals surface area contributed by atoms with Crippen LogP contribution < -0.4 is 5.73 Å². The standard InChI is InChI=1S/C12H7ClF3N5/c13-7-3-1-2-6-4-19-21(9(6)7)8-5-18-11(17)20-10(8)12(14,15)16/h1-5H,(H2,17,18,20). The summed E-state index contributed by atoms with van der Waals surface area (Å²) in [5.74, 6) is -0.464. The van der Waals surface area contributed by atoms with E-state index >= 15 is 0 Å². The Morgan fingerprint density at radius 3 is 2.67 bits per heavy atom. The third-order valence-corrected chi connectivity index (χ3v) is 3.13. The number of benzene rings is 1. The highest BCUT2D eigenvalue weighted by molar-refractivity contribution is 6.35. The van der Waals surface area contributed by atoms with Crippen LogP contribution in [0, 0.1) is 0 Å². The first-order valence-electron chi connectivity index (χ1n) is 5.70. The number of nitrogens with zero attached hydrogens (tertiary/aromatic N) is 4. The Hall–Kier alpha value is -2.35. The van der Waals surface area contributed by atoms with Gasteiger partial charge in [-0.3, -0.25) is 0 Å². The maximum absolute atomic E-state index is 13.1. The number of nitrogens with two attached hydrogens (primary N) is 1. The lowest BCUT2D eigenvalue weighted by Crippen LogP contribution is -2.16. The highest BCUT2D eigenvalue weighted by Crippen LogP contribution is 2.34. The third-order valence-electron chi connectivity index (χ3n) is 2.83. The van der Waals surface area contributed by atoms with Gasteiger partial charge in [0.15, 0.2) is 5.69 Å². The summed E-state index contributed by atoms with van der Waals surface area (Å²) in [5, 5.41) is 4.82. The third kappa shape index (κ3) is 2.27. The van der Waals surface area contributed by atoms with Gasteiger partial charge in [0.05, 0.1) is 22.9 Å². The van der Waals surface area contributed by atoms with Crippen LogP contribution in [0.4, 0.5) is 19.1 Å². The first kappa shape index (κ1) is 13.6. The molecule has 0 saturated carbocycles. The van der Waals surface area contributed by atoms with Gasteiger partial charge in [-0.05, 0) is 6.07 Å². The van der Waals surface area contributed by atoms with Crippen molar-refractivity contribution in [2.75, 3.05) is 5.73 Å². The summed E-state index contributed by atoms with van der Waals surface area (Å²) >= 11 is 6.04. The molecule has 5 nitrogen and oxygen atoms in total. The van der Waals surface area contributed by atoms with Gasteiger partial charge in [-0.2, -0.15) is 18.3 Å². The summed E-state index contributed by atoms with van der Waals surface area (Å²) < 4.78 is 40.4. The van der Waals surface area contributed by atoms with Crippen molar-refractivity contribution in [3.05, 3.63) is 41.3 Å². The molecule has 0 saturated heterocycles. The Labute approximate surface area is 121 Å². The van der Waals surface area contributed by atoms with E-state index in [4.69, 9.17) is 17.3 Å². The normalized spacial score (nSPS) is 12.0. The van der Waals surface area contributed by atoms with E-state index in [-0.39, 0.29) is 10.7 Å². The molecule has 0 unspecified atom stereocenters. The fourth-order valence-corrected chi connectivity index (χ4v) is 2.23. The average Bonchev–Trinajstić information content (AvgIpc) is 2.83. The summed E-state index contributed by atoms with van der Waals surface area (Å²) in [6, 6.07) is 4.93. The van der Waals surface area contributed by atoms with Gasteiger partial charge in [-0.15, -0.1) is 0 Å². The van der Waals surface area contributed by atoms with E-state index in [1.807, 2.05) is 0 Å². The molecule has 1 aromatic carbocycles. The van der Waals surface area contributed by atoms with Crippen LogP contribution in [0.25, 0.3) is 16.6 Å². The van der Waals surface area contributed by atoms with Crippen LogP contribution in [0.1, 0.15) is 5.69 Å². The number of rotatable bonds is 1. The maximum atomic E-state index is 13.1. The second-order valence-corrected chi connectivity index (χ2v) is 4.60. The van der Waals surface area contributed by atoms with Crippen LogP contribution in [0.3, 0.4) is 0 Å². The van der Waals surface area contributed by atoms with Crippen LogP contribution in [0.2, 0.25) is 5.02 Å². The number of para-hydroxylation sites is 1. The van der Waals surface area contributed by atoms with E-state index in [1.165, 1.54) is 6.20 Å². The smallest absolute Gasteiger partial charge is 0.368 e. The molecule has 0 radical (unpaired) electrons. The molecule has 9 heteroatoms. The molecule has 2 aromatic heterocycles. The molecule has 0 bridgehead atoms. The lowest BCUT2D eigenvalue weighted by Gasteiger charge is -2.12. The molecule has 2 heterocycles. The molecule has 0 atom stereocenters. The van der Waals surface area contributed by atoms with E-state index in [0.29, 0.717) is 10.9 Å². The van der Waals surface area contributed by atoms with Crippen molar-refractivity contribution >= 4 is 28.5 Å². The van der Waals surface area contributed by atoms with Crippen LogP contribution in [0.15, 0.2) is 30.6 Å². The number of anilines is 1. The largest absolute Gasteiger partial charge is 0.435 e. The highest BCUT2D eigenvalue weighted by atomic mass is 35.5. The van der Waals surface area contributed by atoms with Crippen molar-refractivity contribution < 1.29 is 13.2 Å². The lowest BCUT2D eigenvalue weighted by atomic mass is 10.2. The second-order valence-electron chi connectivity index (χ2n) is 4.19. The zero-order chi connectivity index (χ0) is 15.2. The Bertz CT molecular complexity index is 827. The van der Waals surface area contributed by atoms with Gasteiger partial charge >= 0.3 is 6.18 Å². The number of nitrogen functional groups attached to an aromatic ring is 1. The number of aromatic nitrogens is 4. The minimum atomic E-state index is -4.69. The number of hydrogen-bond donors (Lipinski definition) is 1. The first-order chi connectivity index (χ1) is 9.88. The monoisotopic (exact) mass is 313 g/mol.